The van der Waals surface area contributed by atoms with Crippen LogP contribution in [-0.4, -0.2) is 40.5 Å². The van der Waals surface area contributed by atoms with Crippen LogP contribution in [0, 0.1) is 16.6 Å². The van der Waals surface area contributed by atoms with Crippen LogP contribution in [0.3, 0.4) is 0 Å². The topological polar surface area (TPSA) is 122 Å². The van der Waals surface area contributed by atoms with Crippen LogP contribution in [0.15, 0.2) is 12.1 Å². The zero-order valence-electron chi connectivity index (χ0n) is 15.4. The Hall–Kier alpha value is -2.06. The molecule has 0 saturated heterocycles. The number of halogens is 2. The molecule has 0 atom stereocenters. The number of sulfonamides is 1. The number of hydrogen-bond donors (Lipinski definition) is 1. The highest BCUT2D eigenvalue weighted by Crippen LogP contribution is 2.36. The van der Waals surface area contributed by atoms with Gasteiger partial charge in [-0.05, 0) is 53.6 Å². The predicted molar refractivity (Wildman–Crippen MR) is 111 cm³/mol. The lowest BCUT2D eigenvalue weighted by molar-refractivity contribution is 0.174. The van der Waals surface area contributed by atoms with Gasteiger partial charge in [0.05, 0.1) is 11.4 Å². The van der Waals surface area contributed by atoms with Gasteiger partial charge in [-0.25, -0.2) is 23.5 Å². The zero-order valence-corrected chi connectivity index (χ0v) is 18.3. The zero-order chi connectivity index (χ0) is 20.8. The first kappa shape index (κ1) is 20.2. The van der Waals surface area contributed by atoms with Crippen molar-refractivity contribution in [3.05, 3.63) is 38.9 Å². The Morgan fingerprint density at radius 3 is 2.69 bits per heavy atom. The number of ether oxygens (including phenoxy) is 2. The van der Waals surface area contributed by atoms with Gasteiger partial charge in [-0.15, -0.1) is 0 Å². The number of primary sulfonamides is 1. The van der Waals surface area contributed by atoms with Crippen LogP contribution in [0.4, 0.5) is 4.39 Å². The number of hydrogen-bond acceptors (Lipinski definition) is 7. The molecule has 1 aromatic carbocycles. The van der Waals surface area contributed by atoms with Crippen molar-refractivity contribution >= 4 is 43.8 Å². The molecule has 4 rings (SSSR count). The molecule has 0 spiro atoms. The molecular formula is C17H17FIN5O4S. The second-order valence-electron chi connectivity index (χ2n) is 6.62. The molecule has 0 amide bonds. The first-order valence-corrected chi connectivity index (χ1v) is 11.5. The van der Waals surface area contributed by atoms with Crippen LogP contribution in [0.25, 0.3) is 11.2 Å². The van der Waals surface area contributed by atoms with Crippen LogP contribution >= 0.6 is 22.6 Å². The second kappa shape index (κ2) is 7.65. The third kappa shape index (κ3) is 4.28. The van der Waals surface area contributed by atoms with Crippen molar-refractivity contribution in [3.63, 3.8) is 0 Å². The smallest absolute Gasteiger partial charge is 0.310 e. The van der Waals surface area contributed by atoms with Gasteiger partial charge < -0.3 is 14.0 Å². The maximum absolute atomic E-state index is 13.8. The van der Waals surface area contributed by atoms with E-state index in [1.165, 1.54) is 0 Å². The largest absolute Gasteiger partial charge is 0.454 e. The van der Waals surface area contributed by atoms with E-state index in [9.17, 15) is 12.8 Å². The number of aryl methyl sites for hydroxylation is 2. The van der Waals surface area contributed by atoms with E-state index in [2.05, 4.69) is 37.5 Å². The summed E-state index contributed by atoms with van der Waals surface area (Å²) in [6.07, 6.45) is -0.186. The summed E-state index contributed by atoms with van der Waals surface area (Å²) in [7, 11) is -3.60. The summed E-state index contributed by atoms with van der Waals surface area (Å²) in [4.78, 5) is 12.2. The Kier molecular flexibility index (Phi) is 5.33. The second-order valence-corrected chi connectivity index (χ2v) is 9.52. The number of aromatic nitrogens is 4. The highest BCUT2D eigenvalue weighted by Gasteiger charge is 2.21. The van der Waals surface area contributed by atoms with E-state index in [-0.39, 0.29) is 25.5 Å². The van der Waals surface area contributed by atoms with Gasteiger partial charge in [0.1, 0.15) is 11.3 Å². The molecule has 0 radical (unpaired) electrons. The molecule has 3 aromatic rings. The van der Waals surface area contributed by atoms with Crippen LogP contribution in [0.2, 0.25) is 0 Å². The fourth-order valence-electron chi connectivity index (χ4n) is 3.21. The third-order valence-corrected chi connectivity index (χ3v) is 6.38. The van der Waals surface area contributed by atoms with Crippen LogP contribution < -0.4 is 14.6 Å². The fraction of sp³-hybridized carbons (Fsp3) is 0.353. The van der Waals surface area contributed by atoms with Crippen molar-refractivity contribution in [1.29, 1.82) is 0 Å². The number of imidazole rings is 1. The molecule has 2 N–H and O–H groups in total. The van der Waals surface area contributed by atoms with E-state index < -0.39 is 16.1 Å². The van der Waals surface area contributed by atoms with Crippen LogP contribution in [0.5, 0.6) is 11.5 Å². The highest BCUT2D eigenvalue weighted by molar-refractivity contribution is 14.1. The van der Waals surface area contributed by atoms with Crippen molar-refractivity contribution in [2.45, 2.75) is 26.3 Å². The minimum Gasteiger partial charge on any atom is -0.454 e. The molecule has 0 fully saturated rings. The standard InChI is InChI=1S/C17H17FIN5O4S/c1-9-15-16(23-17(18)21-9)24(3-2-4-29(20,25)26)14(22-15)6-10-5-12-13(7-11(10)19)28-8-27-12/h5,7H,2-4,6,8H2,1H3,(H2,20,25,26). The molecule has 3 heterocycles. The van der Waals surface area contributed by atoms with Crippen molar-refractivity contribution in [2.75, 3.05) is 12.5 Å². The summed E-state index contributed by atoms with van der Waals surface area (Å²) in [5, 5.41) is 5.10. The number of nitrogens with two attached hydrogens (primary N) is 1. The Labute approximate surface area is 179 Å². The van der Waals surface area contributed by atoms with E-state index in [0.717, 1.165) is 9.13 Å². The van der Waals surface area contributed by atoms with Crippen LogP contribution in [-0.2, 0) is 23.0 Å². The quantitative estimate of drug-likeness (QED) is 0.379. The summed E-state index contributed by atoms with van der Waals surface area (Å²) >= 11 is 2.21. The van der Waals surface area contributed by atoms with E-state index >= 15 is 0 Å². The number of rotatable bonds is 6. The molecule has 0 unspecified atom stereocenters. The molecule has 0 aliphatic carbocycles. The Morgan fingerprint density at radius 1 is 1.24 bits per heavy atom. The minimum atomic E-state index is -3.60. The van der Waals surface area contributed by atoms with E-state index in [0.29, 0.717) is 40.6 Å². The van der Waals surface area contributed by atoms with Gasteiger partial charge in [0, 0.05) is 16.5 Å². The molecule has 9 nitrogen and oxygen atoms in total. The molecule has 0 saturated carbocycles. The average molecular weight is 533 g/mol. The van der Waals surface area contributed by atoms with Gasteiger partial charge in [-0.1, -0.05) is 0 Å². The lowest BCUT2D eigenvalue weighted by atomic mass is 10.1. The molecule has 1 aliphatic heterocycles. The molecule has 0 bridgehead atoms. The maximum atomic E-state index is 13.8. The SMILES string of the molecule is Cc1nc(F)nc2c1nc(Cc1cc3c(cc1I)OCO3)n2CCCS(N)(=O)=O. The van der Waals surface area contributed by atoms with Gasteiger partial charge >= 0.3 is 6.08 Å². The van der Waals surface area contributed by atoms with Crippen molar-refractivity contribution in [2.24, 2.45) is 5.14 Å². The minimum absolute atomic E-state index is 0.176. The van der Waals surface area contributed by atoms with E-state index in [1.54, 1.807) is 11.5 Å². The maximum Gasteiger partial charge on any atom is 0.310 e. The third-order valence-electron chi connectivity index (χ3n) is 4.52. The van der Waals surface area contributed by atoms with E-state index in [1.807, 2.05) is 12.1 Å². The molecule has 2 aromatic heterocycles. The average Bonchev–Trinajstić information content (AvgIpc) is 3.19. The van der Waals surface area contributed by atoms with Crippen LogP contribution in [0.1, 0.15) is 23.5 Å². The first-order chi connectivity index (χ1) is 13.7. The fourth-order valence-corrected chi connectivity index (χ4v) is 4.37. The van der Waals surface area contributed by atoms with Gasteiger partial charge in [0.2, 0.25) is 16.8 Å². The number of nitrogens with zero attached hydrogens (tertiary/aromatic N) is 4. The first-order valence-electron chi connectivity index (χ1n) is 8.69. The molecule has 12 heteroatoms. The van der Waals surface area contributed by atoms with Crippen molar-refractivity contribution < 1.29 is 22.3 Å². The monoisotopic (exact) mass is 533 g/mol. The van der Waals surface area contributed by atoms with E-state index in [4.69, 9.17) is 14.6 Å². The Bertz CT molecular complexity index is 1210. The summed E-state index contributed by atoms with van der Waals surface area (Å²) in [6.45, 7) is 2.11. The lowest BCUT2D eigenvalue weighted by Gasteiger charge is -2.10. The predicted octanol–water partition coefficient (Wildman–Crippen LogP) is 1.88. The van der Waals surface area contributed by atoms with Crippen molar-refractivity contribution in [1.82, 2.24) is 19.5 Å². The lowest BCUT2D eigenvalue weighted by Crippen LogP contribution is -2.18. The molecule has 29 heavy (non-hydrogen) atoms. The summed E-state index contributed by atoms with van der Waals surface area (Å²) < 4.78 is 50.0. The Balaban J connectivity index is 1.75. The molecular weight excluding hydrogens is 516 g/mol. The van der Waals surface area contributed by atoms with Gasteiger partial charge in [0.15, 0.2) is 17.1 Å². The van der Waals surface area contributed by atoms with Gasteiger partial charge in [-0.2, -0.15) is 9.37 Å². The summed E-state index contributed by atoms with van der Waals surface area (Å²) in [5.41, 5.74) is 2.17. The molecule has 154 valence electrons. The summed E-state index contributed by atoms with van der Waals surface area (Å²) in [5.74, 6) is 1.76. The Morgan fingerprint density at radius 2 is 1.97 bits per heavy atom. The molecule has 1 aliphatic rings. The van der Waals surface area contributed by atoms with Gasteiger partial charge in [0.25, 0.3) is 0 Å². The number of benzene rings is 1. The normalized spacial score (nSPS) is 13.4. The highest BCUT2D eigenvalue weighted by atomic mass is 127. The summed E-state index contributed by atoms with van der Waals surface area (Å²) in [6, 6.07) is 3.77. The van der Waals surface area contributed by atoms with Gasteiger partial charge in [-0.3, -0.25) is 0 Å². The number of fused-ring (bicyclic) bond motifs is 2. The van der Waals surface area contributed by atoms with Crippen molar-refractivity contribution in [3.8, 4) is 11.5 Å².